The zero-order valence-electron chi connectivity index (χ0n) is 18.5. The predicted octanol–water partition coefficient (Wildman–Crippen LogP) is 6.41. The zero-order valence-corrected chi connectivity index (χ0v) is 18.5. The summed E-state index contributed by atoms with van der Waals surface area (Å²) in [6.45, 7) is 3.50. The van der Waals surface area contributed by atoms with Crippen molar-refractivity contribution < 1.29 is 13.9 Å². The van der Waals surface area contributed by atoms with Crippen LogP contribution in [0.1, 0.15) is 0 Å². The van der Waals surface area contributed by atoms with Gasteiger partial charge in [0.25, 0.3) is 0 Å². The molecule has 2 aromatic heterocycles. The number of ether oxygens (including phenoxy) is 1. The lowest BCUT2D eigenvalue weighted by Crippen LogP contribution is -2.07. The third kappa shape index (κ3) is 4.89. The summed E-state index contributed by atoms with van der Waals surface area (Å²) in [5.41, 5.74) is 4.98. The fourth-order valence-electron chi connectivity index (χ4n) is 3.71. The molecule has 2 heterocycles. The molecule has 0 aliphatic carbocycles. The van der Waals surface area contributed by atoms with E-state index in [0.29, 0.717) is 17.3 Å². The number of carbonyl (C=O) groups is 1. The van der Waals surface area contributed by atoms with Crippen molar-refractivity contribution in [1.82, 2.24) is 15.0 Å². The van der Waals surface area contributed by atoms with Crippen molar-refractivity contribution in [3.8, 4) is 33.9 Å². The molecule has 5 rings (SSSR count). The fourth-order valence-corrected chi connectivity index (χ4v) is 3.71. The smallest absolute Gasteiger partial charge is 0.247 e. The molecule has 35 heavy (non-hydrogen) atoms. The van der Waals surface area contributed by atoms with Crippen molar-refractivity contribution >= 4 is 22.5 Å². The molecule has 170 valence electrons. The number of nitrogens with zero attached hydrogens (tertiary/aromatic N) is 3. The van der Waals surface area contributed by atoms with Crippen LogP contribution in [0.15, 0.2) is 104 Å². The van der Waals surface area contributed by atoms with Gasteiger partial charge in [0, 0.05) is 46.7 Å². The molecule has 0 aliphatic heterocycles. The third-order valence-corrected chi connectivity index (χ3v) is 5.32. The van der Waals surface area contributed by atoms with Crippen LogP contribution >= 0.6 is 0 Å². The molecule has 0 aliphatic rings. The van der Waals surface area contributed by atoms with E-state index in [1.165, 1.54) is 24.5 Å². The van der Waals surface area contributed by atoms with Gasteiger partial charge in [-0.05, 0) is 59.7 Å². The number of rotatable bonds is 6. The minimum absolute atomic E-state index is 0.283. The van der Waals surface area contributed by atoms with E-state index in [2.05, 4.69) is 26.8 Å². The van der Waals surface area contributed by atoms with E-state index >= 15 is 0 Å². The van der Waals surface area contributed by atoms with E-state index < -0.39 is 0 Å². The lowest BCUT2D eigenvalue weighted by molar-refractivity contribution is -0.111. The van der Waals surface area contributed by atoms with Crippen LogP contribution in [0, 0.1) is 5.82 Å². The van der Waals surface area contributed by atoms with Gasteiger partial charge < -0.3 is 10.1 Å². The van der Waals surface area contributed by atoms with Crippen molar-refractivity contribution in [3.63, 3.8) is 0 Å². The summed E-state index contributed by atoms with van der Waals surface area (Å²) in [6.07, 6.45) is 6.19. The lowest BCUT2D eigenvalue weighted by atomic mass is 9.96. The normalized spacial score (nSPS) is 10.7. The average molecular weight is 462 g/mol. The highest BCUT2D eigenvalue weighted by Crippen LogP contribution is 2.34. The Morgan fingerprint density at radius 2 is 1.80 bits per heavy atom. The van der Waals surface area contributed by atoms with Gasteiger partial charge in [-0.25, -0.2) is 19.3 Å². The van der Waals surface area contributed by atoms with Gasteiger partial charge in [-0.2, -0.15) is 0 Å². The van der Waals surface area contributed by atoms with Gasteiger partial charge in [0.15, 0.2) is 0 Å². The summed E-state index contributed by atoms with van der Waals surface area (Å²) in [5, 5.41) is 3.65. The Morgan fingerprint density at radius 1 is 0.914 bits per heavy atom. The first-order chi connectivity index (χ1) is 17.1. The molecular weight excluding hydrogens is 443 g/mol. The molecule has 3 aromatic carbocycles. The van der Waals surface area contributed by atoms with E-state index in [9.17, 15) is 9.18 Å². The third-order valence-electron chi connectivity index (χ3n) is 5.32. The van der Waals surface area contributed by atoms with Gasteiger partial charge in [0.05, 0.1) is 5.52 Å². The van der Waals surface area contributed by atoms with Gasteiger partial charge >= 0.3 is 0 Å². The highest BCUT2D eigenvalue weighted by molar-refractivity contribution is 6.01. The van der Waals surface area contributed by atoms with Crippen molar-refractivity contribution in [1.29, 1.82) is 0 Å². The van der Waals surface area contributed by atoms with E-state index in [1.807, 2.05) is 42.5 Å². The lowest BCUT2D eigenvalue weighted by Gasteiger charge is -2.12. The predicted molar refractivity (Wildman–Crippen MR) is 134 cm³/mol. The van der Waals surface area contributed by atoms with Crippen molar-refractivity contribution in [2.45, 2.75) is 0 Å². The van der Waals surface area contributed by atoms with Crippen LogP contribution in [0.5, 0.6) is 11.6 Å². The Bertz CT molecular complexity index is 1550. The highest BCUT2D eigenvalue weighted by atomic mass is 19.1. The Balaban J connectivity index is 1.52. The summed E-state index contributed by atoms with van der Waals surface area (Å²) in [4.78, 5) is 24.8. The molecule has 0 atom stereocenters. The molecule has 0 unspecified atom stereocenters. The number of halogens is 1. The summed E-state index contributed by atoms with van der Waals surface area (Å²) < 4.78 is 19.1. The first-order valence-corrected chi connectivity index (χ1v) is 10.8. The summed E-state index contributed by atoms with van der Waals surface area (Å²) >= 11 is 0. The molecule has 0 radical (unpaired) electrons. The van der Waals surface area contributed by atoms with Crippen LogP contribution in [0.25, 0.3) is 33.2 Å². The number of aromatic nitrogens is 3. The van der Waals surface area contributed by atoms with Crippen molar-refractivity contribution in [2.75, 3.05) is 5.32 Å². The second-order valence-corrected chi connectivity index (χ2v) is 7.70. The number of carbonyl (C=O) groups excluding carboxylic acids is 1. The number of hydrogen-bond acceptors (Lipinski definition) is 5. The molecule has 6 nitrogen and oxygen atoms in total. The Morgan fingerprint density at radius 3 is 2.60 bits per heavy atom. The Labute approximate surface area is 200 Å². The maximum Gasteiger partial charge on any atom is 0.247 e. The van der Waals surface area contributed by atoms with Gasteiger partial charge in [-0.15, -0.1) is 0 Å². The number of nitrogens with one attached hydrogen (secondary N) is 1. The summed E-state index contributed by atoms with van der Waals surface area (Å²) in [5.74, 6) is 0.0704. The molecule has 0 fully saturated rings. The van der Waals surface area contributed by atoms with Gasteiger partial charge in [0.1, 0.15) is 17.9 Å². The Hall–Kier alpha value is -4.91. The molecule has 0 bridgehead atoms. The van der Waals surface area contributed by atoms with E-state index in [1.54, 1.807) is 30.6 Å². The van der Waals surface area contributed by atoms with Crippen LogP contribution in [0.4, 0.5) is 10.1 Å². The monoisotopic (exact) mass is 462 g/mol. The molecule has 0 spiro atoms. The highest BCUT2D eigenvalue weighted by Gasteiger charge is 2.11. The molecule has 0 saturated heterocycles. The van der Waals surface area contributed by atoms with E-state index in [-0.39, 0.29) is 11.7 Å². The van der Waals surface area contributed by atoms with E-state index in [4.69, 9.17) is 4.74 Å². The Kier molecular flexibility index (Phi) is 5.96. The SMILES string of the molecule is C=CC(=O)Nc1cccc(-c2cc(-c3ccc(Oc4cccc(F)c4)nc3)cc3cncnc23)c1. The molecule has 5 aromatic rings. The minimum Gasteiger partial charge on any atom is -0.439 e. The van der Waals surface area contributed by atoms with Crippen molar-refractivity contribution in [3.05, 3.63) is 110 Å². The molecule has 1 N–H and O–H groups in total. The molecule has 7 heteroatoms. The fraction of sp³-hybridized carbons (Fsp3) is 0. The van der Waals surface area contributed by atoms with Gasteiger partial charge in [-0.1, -0.05) is 24.8 Å². The molecular formula is C28H19FN4O2. The van der Waals surface area contributed by atoms with Crippen LogP contribution in [-0.2, 0) is 4.79 Å². The standard InChI is InChI=1S/C28H19FN4O2/c1-2-26(34)33-23-7-3-5-18(12-23)25-13-20(11-21-15-30-17-32-28(21)25)19-9-10-27(31-16-19)35-24-8-4-6-22(29)14-24/h2-17H,1H2,(H,33,34). The first-order valence-electron chi connectivity index (χ1n) is 10.8. The van der Waals surface area contributed by atoms with Crippen LogP contribution < -0.4 is 10.1 Å². The van der Waals surface area contributed by atoms with Gasteiger partial charge in [0.2, 0.25) is 11.8 Å². The first kappa shape index (κ1) is 21.9. The minimum atomic E-state index is -0.377. The second-order valence-electron chi connectivity index (χ2n) is 7.70. The number of anilines is 1. The van der Waals surface area contributed by atoms with E-state index in [0.717, 1.165) is 33.2 Å². The number of hydrogen-bond donors (Lipinski definition) is 1. The van der Waals surface area contributed by atoms with Crippen LogP contribution in [0.2, 0.25) is 0 Å². The second kappa shape index (κ2) is 9.52. The van der Waals surface area contributed by atoms with Crippen LogP contribution in [-0.4, -0.2) is 20.9 Å². The molecule has 1 amide bonds. The van der Waals surface area contributed by atoms with Gasteiger partial charge in [-0.3, -0.25) is 4.79 Å². The topological polar surface area (TPSA) is 77.0 Å². The summed E-state index contributed by atoms with van der Waals surface area (Å²) in [7, 11) is 0. The number of pyridine rings is 1. The number of amides is 1. The zero-order chi connectivity index (χ0) is 24.2. The summed E-state index contributed by atoms with van der Waals surface area (Å²) in [6, 6.07) is 21.1. The molecule has 0 saturated carbocycles. The maximum atomic E-state index is 13.4. The quantitative estimate of drug-likeness (QED) is 0.295. The van der Waals surface area contributed by atoms with Crippen LogP contribution in [0.3, 0.4) is 0 Å². The van der Waals surface area contributed by atoms with Crippen molar-refractivity contribution in [2.24, 2.45) is 0 Å². The number of fused-ring (bicyclic) bond motifs is 1. The number of benzene rings is 3. The largest absolute Gasteiger partial charge is 0.439 e. The maximum absolute atomic E-state index is 13.4. The average Bonchev–Trinajstić information content (AvgIpc) is 2.88.